The van der Waals surface area contributed by atoms with Gasteiger partial charge in [-0.25, -0.2) is 0 Å². The minimum atomic E-state index is 0.119. The van der Waals surface area contributed by atoms with Gasteiger partial charge in [0.25, 0.3) is 0 Å². The molecule has 0 atom stereocenters. The van der Waals surface area contributed by atoms with Crippen LogP contribution in [0.2, 0.25) is 0 Å². The van der Waals surface area contributed by atoms with Gasteiger partial charge in [0, 0.05) is 5.56 Å². The Hall–Kier alpha value is -2.17. The normalized spacial score (nSPS) is 11.4. The van der Waals surface area contributed by atoms with Gasteiger partial charge < -0.3 is 10.5 Å². The van der Waals surface area contributed by atoms with Gasteiger partial charge in [-0.3, -0.25) is 0 Å². The molecular weight excluding hydrogens is 240 g/mol. The van der Waals surface area contributed by atoms with Crippen LogP contribution in [0, 0.1) is 0 Å². The van der Waals surface area contributed by atoms with Crippen LogP contribution >= 0.6 is 0 Å². The first-order valence-corrected chi connectivity index (χ1v) is 6.06. The van der Waals surface area contributed by atoms with Gasteiger partial charge in [-0.2, -0.15) is 15.0 Å². The Balaban J connectivity index is 2.40. The molecule has 0 spiro atoms. The second-order valence-electron chi connectivity index (χ2n) is 5.33. The maximum atomic E-state index is 5.63. The topological polar surface area (TPSA) is 73.9 Å². The van der Waals surface area contributed by atoms with Gasteiger partial charge in [0.1, 0.15) is 0 Å². The molecule has 2 rings (SSSR count). The number of aromatic nitrogens is 3. The molecule has 1 aromatic heterocycles. The first-order chi connectivity index (χ1) is 8.90. The predicted molar refractivity (Wildman–Crippen MR) is 74.9 cm³/mol. The maximum Gasteiger partial charge on any atom is 0.321 e. The van der Waals surface area contributed by atoms with Gasteiger partial charge in [-0.15, -0.1) is 0 Å². The van der Waals surface area contributed by atoms with Gasteiger partial charge in [0.05, 0.1) is 7.11 Å². The van der Waals surface area contributed by atoms with E-state index in [1.165, 1.54) is 12.7 Å². The molecule has 0 bridgehead atoms. The smallest absolute Gasteiger partial charge is 0.321 e. The largest absolute Gasteiger partial charge is 0.467 e. The van der Waals surface area contributed by atoms with Crippen molar-refractivity contribution < 1.29 is 4.74 Å². The SMILES string of the molecule is COc1nc(N)nc(-c2ccc(C(C)(C)C)cc2)n1. The van der Waals surface area contributed by atoms with Crippen molar-refractivity contribution in [2.75, 3.05) is 12.8 Å². The molecule has 0 aliphatic heterocycles. The number of rotatable bonds is 2. The Kier molecular flexibility index (Phi) is 3.38. The van der Waals surface area contributed by atoms with Crippen molar-refractivity contribution in [1.29, 1.82) is 0 Å². The lowest BCUT2D eigenvalue weighted by molar-refractivity contribution is 0.379. The molecule has 0 amide bonds. The van der Waals surface area contributed by atoms with E-state index in [-0.39, 0.29) is 17.4 Å². The zero-order chi connectivity index (χ0) is 14.0. The number of nitrogens with zero attached hydrogens (tertiary/aromatic N) is 3. The number of hydrogen-bond acceptors (Lipinski definition) is 5. The van der Waals surface area contributed by atoms with E-state index < -0.39 is 0 Å². The fourth-order valence-electron chi connectivity index (χ4n) is 1.71. The summed E-state index contributed by atoms with van der Waals surface area (Å²) in [5, 5.41) is 0. The molecule has 0 saturated carbocycles. The summed E-state index contributed by atoms with van der Waals surface area (Å²) in [6, 6.07) is 8.33. The van der Waals surface area contributed by atoms with Crippen molar-refractivity contribution in [3.8, 4) is 17.4 Å². The van der Waals surface area contributed by atoms with E-state index in [1.54, 1.807) is 0 Å². The Labute approximate surface area is 112 Å². The Morgan fingerprint density at radius 3 is 2.16 bits per heavy atom. The molecule has 100 valence electrons. The summed E-state index contributed by atoms with van der Waals surface area (Å²) < 4.78 is 4.99. The molecule has 5 heteroatoms. The summed E-state index contributed by atoms with van der Waals surface area (Å²) in [6.07, 6.45) is 0. The van der Waals surface area contributed by atoms with Crippen LogP contribution in [0.3, 0.4) is 0 Å². The van der Waals surface area contributed by atoms with Gasteiger partial charge in [-0.1, -0.05) is 45.0 Å². The summed E-state index contributed by atoms with van der Waals surface area (Å²) >= 11 is 0. The molecule has 0 unspecified atom stereocenters. The van der Waals surface area contributed by atoms with Crippen molar-refractivity contribution in [3.63, 3.8) is 0 Å². The monoisotopic (exact) mass is 258 g/mol. The average molecular weight is 258 g/mol. The van der Waals surface area contributed by atoms with Gasteiger partial charge in [0.15, 0.2) is 5.82 Å². The number of methoxy groups -OCH3 is 1. The minimum absolute atomic E-state index is 0.119. The zero-order valence-electron chi connectivity index (χ0n) is 11.6. The van der Waals surface area contributed by atoms with Gasteiger partial charge in [-0.05, 0) is 11.0 Å². The summed E-state index contributed by atoms with van der Waals surface area (Å²) in [6.45, 7) is 6.52. The number of nitrogen functional groups attached to an aromatic ring is 1. The van der Waals surface area contributed by atoms with E-state index in [0.717, 1.165) is 5.56 Å². The van der Waals surface area contributed by atoms with Crippen LogP contribution in [0.25, 0.3) is 11.4 Å². The summed E-state index contributed by atoms with van der Waals surface area (Å²) in [5.41, 5.74) is 7.89. The minimum Gasteiger partial charge on any atom is -0.467 e. The lowest BCUT2D eigenvalue weighted by atomic mass is 9.87. The molecule has 0 aliphatic carbocycles. The lowest BCUT2D eigenvalue weighted by Gasteiger charge is -2.19. The van der Waals surface area contributed by atoms with Crippen molar-refractivity contribution >= 4 is 5.95 Å². The highest BCUT2D eigenvalue weighted by Crippen LogP contribution is 2.25. The van der Waals surface area contributed by atoms with E-state index in [4.69, 9.17) is 10.5 Å². The number of hydrogen-bond donors (Lipinski definition) is 1. The number of benzene rings is 1. The highest BCUT2D eigenvalue weighted by Gasteiger charge is 2.14. The van der Waals surface area contributed by atoms with E-state index in [1.807, 2.05) is 12.1 Å². The number of ether oxygens (including phenoxy) is 1. The summed E-state index contributed by atoms with van der Waals surface area (Å²) in [4.78, 5) is 12.2. The van der Waals surface area contributed by atoms with Crippen LogP contribution in [0.5, 0.6) is 6.01 Å². The van der Waals surface area contributed by atoms with Crippen LogP contribution in [-0.4, -0.2) is 22.1 Å². The molecule has 1 heterocycles. The molecule has 5 nitrogen and oxygen atoms in total. The predicted octanol–water partition coefficient (Wildman–Crippen LogP) is 2.43. The molecule has 19 heavy (non-hydrogen) atoms. The van der Waals surface area contributed by atoms with E-state index in [0.29, 0.717) is 5.82 Å². The Morgan fingerprint density at radius 2 is 1.63 bits per heavy atom. The maximum absolute atomic E-state index is 5.63. The third-order valence-corrected chi connectivity index (χ3v) is 2.82. The second-order valence-corrected chi connectivity index (χ2v) is 5.33. The van der Waals surface area contributed by atoms with Crippen LogP contribution < -0.4 is 10.5 Å². The van der Waals surface area contributed by atoms with E-state index in [2.05, 4.69) is 47.9 Å². The number of anilines is 1. The summed E-state index contributed by atoms with van der Waals surface area (Å²) in [7, 11) is 1.50. The lowest BCUT2D eigenvalue weighted by Crippen LogP contribution is -2.10. The third kappa shape index (κ3) is 2.99. The standard InChI is InChI=1S/C14H18N4O/c1-14(2,3)10-7-5-9(6-8-10)11-16-12(15)18-13(17-11)19-4/h5-8H,1-4H3,(H2,15,16,17,18). The molecule has 1 aromatic carbocycles. The quantitative estimate of drug-likeness (QED) is 0.895. The van der Waals surface area contributed by atoms with E-state index >= 15 is 0 Å². The molecule has 2 N–H and O–H groups in total. The average Bonchev–Trinajstić information content (AvgIpc) is 2.37. The Bertz CT molecular complexity index is 573. The van der Waals surface area contributed by atoms with Gasteiger partial charge >= 0.3 is 6.01 Å². The number of nitrogens with two attached hydrogens (primary N) is 1. The first kappa shape index (κ1) is 13.3. The van der Waals surface area contributed by atoms with Crippen LogP contribution in [-0.2, 0) is 5.41 Å². The van der Waals surface area contributed by atoms with Crippen molar-refractivity contribution in [2.24, 2.45) is 0 Å². The second kappa shape index (κ2) is 4.84. The fourth-order valence-corrected chi connectivity index (χ4v) is 1.71. The van der Waals surface area contributed by atoms with Crippen molar-refractivity contribution in [3.05, 3.63) is 29.8 Å². The molecule has 2 aromatic rings. The van der Waals surface area contributed by atoms with Gasteiger partial charge in [0.2, 0.25) is 5.95 Å². The fraction of sp³-hybridized carbons (Fsp3) is 0.357. The highest BCUT2D eigenvalue weighted by atomic mass is 16.5. The molecule has 0 aliphatic rings. The highest BCUT2D eigenvalue weighted by molar-refractivity contribution is 5.57. The molecule has 0 saturated heterocycles. The van der Waals surface area contributed by atoms with Crippen LogP contribution in [0.4, 0.5) is 5.95 Å². The van der Waals surface area contributed by atoms with E-state index in [9.17, 15) is 0 Å². The molecule has 0 fully saturated rings. The third-order valence-electron chi connectivity index (χ3n) is 2.82. The van der Waals surface area contributed by atoms with Crippen LogP contribution in [0.15, 0.2) is 24.3 Å². The van der Waals surface area contributed by atoms with Crippen molar-refractivity contribution in [2.45, 2.75) is 26.2 Å². The first-order valence-electron chi connectivity index (χ1n) is 6.06. The molecule has 0 radical (unpaired) electrons. The summed E-state index contributed by atoms with van der Waals surface area (Å²) in [5.74, 6) is 0.673. The molecular formula is C14H18N4O. The van der Waals surface area contributed by atoms with Crippen LogP contribution in [0.1, 0.15) is 26.3 Å². The zero-order valence-corrected chi connectivity index (χ0v) is 11.6. The van der Waals surface area contributed by atoms with Crippen molar-refractivity contribution in [1.82, 2.24) is 15.0 Å². The Morgan fingerprint density at radius 1 is 1.00 bits per heavy atom.